The molecule has 1 aromatic carbocycles. The maximum atomic E-state index is 6.18. The lowest BCUT2D eigenvalue weighted by atomic mass is 10.1. The van der Waals surface area contributed by atoms with Gasteiger partial charge in [-0.05, 0) is 37.8 Å². The molecule has 0 bridgehead atoms. The van der Waals surface area contributed by atoms with Crippen molar-refractivity contribution in [3.63, 3.8) is 0 Å². The molecule has 1 fully saturated rings. The molecule has 1 aromatic heterocycles. The maximum absolute atomic E-state index is 6.18. The molecule has 118 valence electrons. The van der Waals surface area contributed by atoms with Crippen LogP contribution in [-0.2, 0) is 6.42 Å². The molecule has 22 heavy (non-hydrogen) atoms. The quantitative estimate of drug-likeness (QED) is 0.675. The predicted octanol–water partition coefficient (Wildman–Crippen LogP) is 3.21. The summed E-state index contributed by atoms with van der Waals surface area (Å²) in [5, 5.41) is 1.31. The molecule has 4 heteroatoms. The number of hydrogen-bond acceptors (Lipinski definition) is 1. The molecule has 4 nitrogen and oxygen atoms in total. The van der Waals surface area contributed by atoms with Crippen molar-refractivity contribution in [2.24, 2.45) is 10.7 Å². The fraction of sp³-hybridized carbons (Fsp3) is 0.500. The van der Waals surface area contributed by atoms with E-state index in [4.69, 9.17) is 5.73 Å². The van der Waals surface area contributed by atoms with E-state index in [-0.39, 0.29) is 0 Å². The third-order valence-electron chi connectivity index (χ3n) is 4.59. The molecule has 1 saturated heterocycles. The van der Waals surface area contributed by atoms with E-state index >= 15 is 0 Å². The number of nitrogens with zero attached hydrogens (tertiary/aromatic N) is 2. The van der Waals surface area contributed by atoms with E-state index in [1.807, 2.05) is 0 Å². The minimum atomic E-state index is 0.722. The number of likely N-dealkylation sites (tertiary alicyclic amines) is 1. The minimum absolute atomic E-state index is 0.722. The molecule has 0 aliphatic carbocycles. The van der Waals surface area contributed by atoms with Crippen LogP contribution in [0.4, 0.5) is 0 Å². The molecule has 0 radical (unpaired) electrons. The summed E-state index contributed by atoms with van der Waals surface area (Å²) in [7, 11) is 0. The van der Waals surface area contributed by atoms with Crippen LogP contribution in [0.1, 0.15) is 36.9 Å². The number of nitrogens with one attached hydrogen (secondary N) is 1. The molecular weight excluding hydrogens is 272 g/mol. The lowest BCUT2D eigenvalue weighted by Gasteiger charge is -2.21. The van der Waals surface area contributed by atoms with Crippen molar-refractivity contribution in [1.29, 1.82) is 0 Å². The summed E-state index contributed by atoms with van der Waals surface area (Å²) in [6.45, 7) is 5.01. The number of fused-ring (bicyclic) bond motifs is 1. The SMILES string of the molecule is Cc1[nH]c2ccccc2c1CCN=C(N)N1CCCCCC1. The molecule has 0 unspecified atom stereocenters. The Labute approximate surface area is 132 Å². The van der Waals surface area contributed by atoms with Crippen LogP contribution in [0.3, 0.4) is 0 Å². The molecule has 2 heterocycles. The van der Waals surface area contributed by atoms with Crippen molar-refractivity contribution in [3.05, 3.63) is 35.5 Å². The van der Waals surface area contributed by atoms with E-state index in [1.54, 1.807) is 0 Å². The molecule has 0 atom stereocenters. The summed E-state index contributed by atoms with van der Waals surface area (Å²) in [4.78, 5) is 10.3. The van der Waals surface area contributed by atoms with E-state index in [2.05, 4.69) is 46.1 Å². The predicted molar refractivity (Wildman–Crippen MR) is 93.3 cm³/mol. The lowest BCUT2D eigenvalue weighted by molar-refractivity contribution is 0.428. The van der Waals surface area contributed by atoms with Gasteiger partial charge in [-0.2, -0.15) is 0 Å². The minimum Gasteiger partial charge on any atom is -0.370 e. The monoisotopic (exact) mass is 298 g/mol. The van der Waals surface area contributed by atoms with Gasteiger partial charge < -0.3 is 15.6 Å². The van der Waals surface area contributed by atoms with Crippen molar-refractivity contribution < 1.29 is 0 Å². The number of aliphatic imine (C=N–C) groups is 1. The van der Waals surface area contributed by atoms with Crippen molar-refractivity contribution in [2.75, 3.05) is 19.6 Å². The maximum Gasteiger partial charge on any atom is 0.191 e. The number of hydrogen-bond donors (Lipinski definition) is 2. The van der Waals surface area contributed by atoms with E-state index in [0.717, 1.165) is 32.0 Å². The Hall–Kier alpha value is -1.97. The molecule has 0 amide bonds. The second-order valence-corrected chi connectivity index (χ2v) is 6.17. The Balaban J connectivity index is 1.66. The third-order valence-corrected chi connectivity index (χ3v) is 4.59. The highest BCUT2D eigenvalue weighted by Gasteiger charge is 2.11. The summed E-state index contributed by atoms with van der Waals surface area (Å²) in [6.07, 6.45) is 6.04. The molecule has 1 aliphatic rings. The highest BCUT2D eigenvalue weighted by Crippen LogP contribution is 2.22. The number of aromatic nitrogens is 1. The largest absolute Gasteiger partial charge is 0.370 e. The topological polar surface area (TPSA) is 57.4 Å². The first-order valence-electron chi connectivity index (χ1n) is 8.37. The zero-order valence-corrected chi connectivity index (χ0v) is 13.4. The first kappa shape index (κ1) is 14.9. The first-order chi connectivity index (χ1) is 10.8. The molecule has 1 aliphatic heterocycles. The molecule has 3 rings (SSSR count). The number of para-hydroxylation sites is 1. The van der Waals surface area contributed by atoms with Crippen LogP contribution in [0.2, 0.25) is 0 Å². The van der Waals surface area contributed by atoms with Gasteiger partial charge in [0.05, 0.1) is 0 Å². The Morgan fingerprint density at radius 2 is 1.91 bits per heavy atom. The number of H-pyrrole nitrogens is 1. The van der Waals surface area contributed by atoms with Gasteiger partial charge in [-0.25, -0.2) is 0 Å². The molecule has 0 saturated carbocycles. The molecular formula is C18H26N4. The van der Waals surface area contributed by atoms with Crippen LogP contribution in [0, 0.1) is 6.92 Å². The van der Waals surface area contributed by atoms with Gasteiger partial charge in [-0.1, -0.05) is 31.0 Å². The Morgan fingerprint density at radius 1 is 1.18 bits per heavy atom. The number of nitrogens with two attached hydrogens (primary N) is 1. The number of aryl methyl sites for hydroxylation is 1. The zero-order chi connectivity index (χ0) is 15.4. The Morgan fingerprint density at radius 3 is 2.68 bits per heavy atom. The van der Waals surface area contributed by atoms with Crippen LogP contribution >= 0.6 is 0 Å². The average molecular weight is 298 g/mol. The molecule has 0 spiro atoms. The van der Waals surface area contributed by atoms with Crippen molar-refractivity contribution in [3.8, 4) is 0 Å². The van der Waals surface area contributed by atoms with Crippen molar-refractivity contribution >= 4 is 16.9 Å². The normalized spacial score (nSPS) is 17.0. The van der Waals surface area contributed by atoms with E-state index < -0.39 is 0 Å². The van der Waals surface area contributed by atoms with Crippen LogP contribution in [0.5, 0.6) is 0 Å². The van der Waals surface area contributed by atoms with Crippen LogP contribution in [-0.4, -0.2) is 35.5 Å². The highest BCUT2D eigenvalue weighted by atomic mass is 15.2. The number of aromatic amines is 1. The Bertz CT molecular complexity index is 648. The van der Waals surface area contributed by atoms with Gasteiger partial charge >= 0.3 is 0 Å². The first-order valence-corrected chi connectivity index (χ1v) is 8.37. The molecule has 2 aromatic rings. The van der Waals surface area contributed by atoms with Crippen LogP contribution in [0.25, 0.3) is 10.9 Å². The van der Waals surface area contributed by atoms with E-state index in [9.17, 15) is 0 Å². The van der Waals surface area contributed by atoms with Crippen molar-refractivity contribution in [2.45, 2.75) is 39.0 Å². The lowest BCUT2D eigenvalue weighted by Crippen LogP contribution is -2.38. The summed E-state index contributed by atoms with van der Waals surface area (Å²) < 4.78 is 0. The van der Waals surface area contributed by atoms with Gasteiger partial charge in [0.1, 0.15) is 0 Å². The highest BCUT2D eigenvalue weighted by molar-refractivity contribution is 5.84. The van der Waals surface area contributed by atoms with Gasteiger partial charge in [0.2, 0.25) is 0 Å². The van der Waals surface area contributed by atoms with Gasteiger partial charge in [0.25, 0.3) is 0 Å². The smallest absolute Gasteiger partial charge is 0.191 e. The van der Waals surface area contributed by atoms with Crippen molar-refractivity contribution in [1.82, 2.24) is 9.88 Å². The van der Waals surface area contributed by atoms with Crippen LogP contribution < -0.4 is 5.73 Å². The fourth-order valence-electron chi connectivity index (χ4n) is 3.34. The fourth-order valence-corrected chi connectivity index (χ4v) is 3.34. The second-order valence-electron chi connectivity index (χ2n) is 6.17. The van der Waals surface area contributed by atoms with Crippen LogP contribution in [0.15, 0.2) is 29.3 Å². The third kappa shape index (κ3) is 3.26. The summed E-state index contributed by atoms with van der Waals surface area (Å²) in [5.41, 5.74) is 9.99. The van der Waals surface area contributed by atoms with Gasteiger partial charge in [0.15, 0.2) is 5.96 Å². The van der Waals surface area contributed by atoms with E-state index in [0.29, 0.717) is 0 Å². The average Bonchev–Trinajstić information content (AvgIpc) is 2.71. The number of benzene rings is 1. The number of guanidine groups is 1. The Kier molecular flexibility index (Phi) is 4.66. The second kappa shape index (κ2) is 6.86. The summed E-state index contributed by atoms with van der Waals surface area (Å²) in [5.74, 6) is 0.722. The summed E-state index contributed by atoms with van der Waals surface area (Å²) >= 11 is 0. The summed E-state index contributed by atoms with van der Waals surface area (Å²) in [6, 6.07) is 8.46. The van der Waals surface area contributed by atoms with Gasteiger partial charge in [-0.3, -0.25) is 4.99 Å². The van der Waals surface area contributed by atoms with Gasteiger partial charge in [0, 0.05) is 36.2 Å². The standard InChI is InChI=1S/C18H26N4/c1-14-15(16-8-4-5-9-17(16)21-14)10-11-20-18(19)22-12-6-2-3-7-13-22/h4-5,8-9,21H,2-3,6-7,10-13H2,1H3,(H2,19,20). The van der Waals surface area contributed by atoms with E-state index in [1.165, 1.54) is 47.8 Å². The zero-order valence-electron chi connectivity index (χ0n) is 13.4. The number of rotatable bonds is 3. The molecule has 3 N–H and O–H groups in total. The van der Waals surface area contributed by atoms with Gasteiger partial charge in [-0.15, -0.1) is 0 Å².